The lowest BCUT2D eigenvalue weighted by atomic mass is 9.59. The first-order valence-corrected chi connectivity index (χ1v) is 25.8. The fourth-order valence-electron chi connectivity index (χ4n) is 15.7. The summed E-state index contributed by atoms with van der Waals surface area (Å²) in [6.45, 7) is 4.73. The molecule has 11 aliphatic rings. The quantitative estimate of drug-likeness (QED) is 0.240. The Labute approximate surface area is 392 Å². The highest BCUT2D eigenvalue weighted by Crippen LogP contribution is 2.68. The molecule has 10 atom stereocenters. The Bertz CT molecular complexity index is 3000. The van der Waals surface area contributed by atoms with Crippen molar-refractivity contribution in [3.05, 3.63) is 203 Å². The number of benzene rings is 2. The summed E-state index contributed by atoms with van der Waals surface area (Å²) in [7, 11) is 0. The second kappa shape index (κ2) is 15.3. The van der Waals surface area contributed by atoms with E-state index < -0.39 is 0 Å². The molecule has 0 N–H and O–H groups in total. The molecule has 0 saturated heterocycles. The summed E-state index contributed by atoms with van der Waals surface area (Å²) in [6.07, 6.45) is 61.3. The van der Waals surface area contributed by atoms with E-state index in [2.05, 4.69) is 181 Å². The maximum absolute atomic E-state index is 2.80. The van der Waals surface area contributed by atoms with Crippen molar-refractivity contribution in [3.8, 4) is 22.4 Å². The molecule has 1 aromatic heterocycles. The standard InChI is InChI=1S/C64H62N2/c1-39-29-31-48-53(33-39)49-26-16-27-50-61(49)54(48)36-55-58(43-34-56(41-17-7-3-8-18-41)65(37-43)45-21-11-5-12-22-45)63-51-28-15-25-47-40(2)30-32-52(60(47)51)64(63)59(62(50)55)44-35-57(42-19-9-4-10-20-42)66(38-44)46-23-13-6-14-24-46/h3,5-9,11,13-15,17-21,23,25,28-34,37-38,46-50,53-54,57,60-61H,4,10,12,16,22,24,26-27,35-36H2,1-2H3/t46-,47?,48?,49?,50-,53-,54+,57?,60?,61?/m0/s1. The molecule has 66 heavy (non-hydrogen) atoms. The van der Waals surface area contributed by atoms with Crippen molar-refractivity contribution in [3.63, 3.8) is 0 Å². The van der Waals surface area contributed by atoms with E-state index in [1.54, 1.807) is 50.1 Å². The van der Waals surface area contributed by atoms with Crippen LogP contribution >= 0.6 is 0 Å². The average Bonchev–Trinajstić information content (AvgIpc) is 4.16. The molecule has 0 radical (unpaired) electrons. The molecule has 2 heteroatoms. The zero-order chi connectivity index (χ0) is 43.6. The van der Waals surface area contributed by atoms with Crippen LogP contribution in [0.5, 0.6) is 0 Å². The zero-order valence-electron chi connectivity index (χ0n) is 38.8. The van der Waals surface area contributed by atoms with Crippen LogP contribution in [0, 0.1) is 41.4 Å². The fourth-order valence-corrected chi connectivity index (χ4v) is 15.7. The van der Waals surface area contributed by atoms with Crippen LogP contribution in [-0.2, 0) is 6.42 Å². The Balaban J connectivity index is 1.08. The SMILES string of the molecule is CC1=C[C@@H]2C3CCC[C@@H]4c5c(c(-c6cc(-c7ccccc7)n(C7=CC=CCC7)c6)c6c(c5C5=CN([C@H]7C=CC=CC7)C(C7=CCCC=C7)C5)C5=CC=C(C)C7C=CC=C6C57)C[C@H](C2C=C1)C34. The molecular weight excluding hydrogens is 797 g/mol. The van der Waals surface area contributed by atoms with Crippen LogP contribution in [0.4, 0.5) is 0 Å². The van der Waals surface area contributed by atoms with Crippen molar-refractivity contribution < 1.29 is 0 Å². The van der Waals surface area contributed by atoms with Gasteiger partial charge in [0.1, 0.15) is 0 Å². The van der Waals surface area contributed by atoms with Gasteiger partial charge in [-0.3, -0.25) is 0 Å². The van der Waals surface area contributed by atoms with Gasteiger partial charge in [0.05, 0.1) is 17.8 Å². The van der Waals surface area contributed by atoms with Crippen molar-refractivity contribution in [2.45, 2.75) is 96.1 Å². The molecule has 3 aromatic rings. The molecule has 2 saturated carbocycles. The van der Waals surface area contributed by atoms with Crippen molar-refractivity contribution in [2.24, 2.45) is 41.4 Å². The fraction of sp³-hybridized carbons (Fsp3) is 0.344. The smallest absolute Gasteiger partial charge is 0.0581 e. The molecule has 0 spiro atoms. The highest BCUT2D eigenvalue weighted by molar-refractivity contribution is 6.08. The Morgan fingerprint density at radius 3 is 2.45 bits per heavy atom. The minimum atomic E-state index is 0.340. The lowest BCUT2D eigenvalue weighted by Gasteiger charge is -2.45. The van der Waals surface area contributed by atoms with E-state index in [9.17, 15) is 0 Å². The number of aromatic nitrogens is 1. The van der Waals surface area contributed by atoms with E-state index in [1.165, 1.54) is 58.5 Å². The molecule has 1 aliphatic heterocycles. The first kappa shape index (κ1) is 39.3. The van der Waals surface area contributed by atoms with Gasteiger partial charge in [0, 0.05) is 35.5 Å². The number of hydrogen-bond donors (Lipinski definition) is 0. The molecule has 6 unspecified atom stereocenters. The van der Waals surface area contributed by atoms with Crippen molar-refractivity contribution in [1.29, 1.82) is 0 Å². The number of fused-ring (bicyclic) bond motifs is 8. The maximum Gasteiger partial charge on any atom is 0.0581 e. The van der Waals surface area contributed by atoms with Gasteiger partial charge in [0.15, 0.2) is 0 Å². The first-order valence-electron chi connectivity index (χ1n) is 25.8. The second-order valence-corrected chi connectivity index (χ2v) is 21.6. The molecule has 2 aromatic carbocycles. The summed E-state index contributed by atoms with van der Waals surface area (Å²) >= 11 is 0. The van der Waals surface area contributed by atoms with Gasteiger partial charge >= 0.3 is 0 Å². The highest BCUT2D eigenvalue weighted by atomic mass is 15.2. The first-order chi connectivity index (χ1) is 32.6. The number of allylic oxidation sites excluding steroid dienone is 20. The minimum absolute atomic E-state index is 0.340. The third-order valence-electron chi connectivity index (χ3n) is 18.3. The van der Waals surface area contributed by atoms with Gasteiger partial charge in [-0.15, -0.1) is 0 Å². The van der Waals surface area contributed by atoms with Gasteiger partial charge < -0.3 is 9.47 Å². The molecular formula is C64H62N2. The van der Waals surface area contributed by atoms with Crippen LogP contribution in [-0.4, -0.2) is 21.6 Å². The molecule has 2 heterocycles. The molecule has 14 rings (SSSR count). The van der Waals surface area contributed by atoms with Gasteiger partial charge in [0.2, 0.25) is 0 Å². The van der Waals surface area contributed by atoms with Gasteiger partial charge in [-0.1, -0.05) is 151 Å². The van der Waals surface area contributed by atoms with E-state index in [4.69, 9.17) is 0 Å². The van der Waals surface area contributed by atoms with E-state index in [0.29, 0.717) is 53.5 Å². The number of rotatable bonds is 6. The van der Waals surface area contributed by atoms with Crippen LogP contribution in [0.15, 0.2) is 175 Å². The predicted molar refractivity (Wildman–Crippen MR) is 276 cm³/mol. The van der Waals surface area contributed by atoms with Gasteiger partial charge in [-0.25, -0.2) is 0 Å². The molecule has 0 bridgehead atoms. The highest BCUT2D eigenvalue weighted by Gasteiger charge is 2.57. The monoisotopic (exact) mass is 858 g/mol. The molecule has 328 valence electrons. The Morgan fingerprint density at radius 2 is 1.61 bits per heavy atom. The summed E-state index contributed by atoms with van der Waals surface area (Å²) < 4.78 is 2.58. The Hall–Kier alpha value is -5.86. The maximum atomic E-state index is 2.80. The van der Waals surface area contributed by atoms with E-state index in [1.807, 2.05) is 0 Å². The zero-order valence-corrected chi connectivity index (χ0v) is 38.8. The summed E-state index contributed by atoms with van der Waals surface area (Å²) in [5.74, 6) is 4.69. The summed E-state index contributed by atoms with van der Waals surface area (Å²) in [6, 6.07) is 14.6. The summed E-state index contributed by atoms with van der Waals surface area (Å²) in [5.41, 5.74) is 24.4. The average molecular weight is 859 g/mol. The van der Waals surface area contributed by atoms with Gasteiger partial charge in [-0.05, 0) is 181 Å². The normalized spacial score (nSPS) is 32.6. The summed E-state index contributed by atoms with van der Waals surface area (Å²) in [5, 5.41) is 0. The third kappa shape index (κ3) is 5.85. The van der Waals surface area contributed by atoms with Gasteiger partial charge in [-0.2, -0.15) is 0 Å². The summed E-state index contributed by atoms with van der Waals surface area (Å²) in [4.78, 5) is 2.80. The van der Waals surface area contributed by atoms with Crippen LogP contribution in [0.1, 0.15) is 105 Å². The van der Waals surface area contributed by atoms with E-state index >= 15 is 0 Å². The Kier molecular flexibility index (Phi) is 9.14. The van der Waals surface area contributed by atoms with E-state index in [0.717, 1.165) is 50.9 Å². The molecule has 10 aliphatic carbocycles. The largest absolute Gasteiger partial charge is 0.363 e. The van der Waals surface area contributed by atoms with Crippen LogP contribution in [0.3, 0.4) is 0 Å². The third-order valence-corrected chi connectivity index (χ3v) is 18.3. The molecule has 2 nitrogen and oxygen atoms in total. The Morgan fingerprint density at radius 1 is 0.697 bits per heavy atom. The predicted octanol–water partition coefficient (Wildman–Crippen LogP) is 15.6. The topological polar surface area (TPSA) is 8.17 Å². The van der Waals surface area contributed by atoms with Crippen molar-refractivity contribution in [1.82, 2.24) is 9.47 Å². The van der Waals surface area contributed by atoms with Crippen LogP contribution in [0.25, 0.3) is 44.8 Å². The van der Waals surface area contributed by atoms with E-state index in [-0.39, 0.29) is 0 Å². The second-order valence-electron chi connectivity index (χ2n) is 21.6. The lowest BCUT2D eigenvalue weighted by Crippen LogP contribution is -2.36. The van der Waals surface area contributed by atoms with Crippen LogP contribution < -0.4 is 0 Å². The van der Waals surface area contributed by atoms with Crippen molar-refractivity contribution >= 4 is 22.4 Å². The minimum Gasteiger partial charge on any atom is -0.363 e. The number of nitrogens with zero attached hydrogens (tertiary/aromatic N) is 2. The van der Waals surface area contributed by atoms with Crippen molar-refractivity contribution in [2.75, 3.05) is 0 Å². The lowest BCUT2D eigenvalue weighted by molar-refractivity contribution is 0.167. The molecule has 2 fully saturated rings. The number of hydrogen-bond acceptors (Lipinski definition) is 1. The van der Waals surface area contributed by atoms with Crippen LogP contribution in [0.2, 0.25) is 0 Å². The molecule has 0 amide bonds. The van der Waals surface area contributed by atoms with Gasteiger partial charge in [0.25, 0.3) is 0 Å².